The number of hydrogen-bond acceptors (Lipinski definition) is 5. The molecular formula is C15H25NO5. The number of carbonyl (C=O) groups is 3. The Morgan fingerprint density at radius 1 is 1.29 bits per heavy atom. The molecule has 0 unspecified atom stereocenters. The van der Waals surface area contributed by atoms with Gasteiger partial charge in [0.15, 0.2) is 5.54 Å². The van der Waals surface area contributed by atoms with Gasteiger partial charge in [0, 0.05) is 6.42 Å². The molecule has 0 spiro atoms. The van der Waals surface area contributed by atoms with Gasteiger partial charge in [-0.25, -0.2) is 14.5 Å². The maximum atomic E-state index is 12.4. The van der Waals surface area contributed by atoms with Crippen molar-refractivity contribution in [2.45, 2.75) is 71.4 Å². The van der Waals surface area contributed by atoms with Crippen molar-refractivity contribution in [3.8, 4) is 0 Å². The molecule has 1 rings (SSSR count). The highest BCUT2D eigenvalue weighted by Crippen LogP contribution is 2.34. The number of piperidine rings is 1. The summed E-state index contributed by atoms with van der Waals surface area (Å²) in [5.41, 5.74) is -1.98. The Labute approximate surface area is 125 Å². The average molecular weight is 299 g/mol. The highest BCUT2D eigenvalue weighted by Gasteiger charge is 2.52. The van der Waals surface area contributed by atoms with Gasteiger partial charge in [-0.1, -0.05) is 6.92 Å². The summed E-state index contributed by atoms with van der Waals surface area (Å²) in [4.78, 5) is 37.9. The van der Waals surface area contributed by atoms with E-state index in [4.69, 9.17) is 9.47 Å². The maximum Gasteiger partial charge on any atom is 0.418 e. The Kier molecular flexibility index (Phi) is 5.36. The smallest absolute Gasteiger partial charge is 0.418 e. The van der Waals surface area contributed by atoms with E-state index in [2.05, 4.69) is 0 Å². The van der Waals surface area contributed by atoms with Crippen LogP contribution in [0.25, 0.3) is 0 Å². The zero-order valence-electron chi connectivity index (χ0n) is 13.5. The predicted octanol–water partition coefficient (Wildman–Crippen LogP) is 2.65. The first kappa shape index (κ1) is 17.5. The number of likely N-dealkylation sites (tertiary alicyclic amines) is 1. The first-order valence-corrected chi connectivity index (χ1v) is 7.41. The van der Waals surface area contributed by atoms with Crippen molar-refractivity contribution in [3.63, 3.8) is 0 Å². The van der Waals surface area contributed by atoms with Crippen molar-refractivity contribution >= 4 is 18.0 Å². The summed E-state index contributed by atoms with van der Waals surface area (Å²) >= 11 is 0. The normalized spacial score (nSPS) is 22.9. The second kappa shape index (κ2) is 6.45. The van der Waals surface area contributed by atoms with Crippen LogP contribution in [0, 0.1) is 0 Å². The van der Waals surface area contributed by atoms with Crippen LogP contribution in [-0.2, 0) is 19.1 Å². The van der Waals surface area contributed by atoms with Gasteiger partial charge >= 0.3 is 12.1 Å². The van der Waals surface area contributed by atoms with E-state index < -0.39 is 23.2 Å². The van der Waals surface area contributed by atoms with Crippen LogP contribution >= 0.6 is 0 Å². The monoisotopic (exact) mass is 299 g/mol. The number of rotatable bonds is 3. The van der Waals surface area contributed by atoms with Crippen LogP contribution in [0.1, 0.15) is 60.3 Å². The van der Waals surface area contributed by atoms with Crippen LogP contribution in [0.3, 0.4) is 0 Å². The lowest BCUT2D eigenvalue weighted by Crippen LogP contribution is -2.62. The van der Waals surface area contributed by atoms with Gasteiger partial charge in [0.05, 0.1) is 6.61 Å². The van der Waals surface area contributed by atoms with Gasteiger partial charge in [0.25, 0.3) is 0 Å². The molecule has 120 valence electrons. The molecule has 1 fully saturated rings. The van der Waals surface area contributed by atoms with Crippen LogP contribution in [-0.4, -0.2) is 40.6 Å². The Morgan fingerprint density at radius 3 is 2.38 bits per heavy atom. The third-order valence-electron chi connectivity index (χ3n) is 3.47. The summed E-state index contributed by atoms with van der Waals surface area (Å²) < 4.78 is 10.4. The number of amides is 2. The molecule has 0 aliphatic carbocycles. The molecule has 1 heterocycles. The summed E-state index contributed by atoms with van der Waals surface area (Å²) in [5, 5.41) is 0. The van der Waals surface area contributed by atoms with E-state index in [1.54, 1.807) is 34.6 Å². The molecule has 6 heteroatoms. The first-order valence-electron chi connectivity index (χ1n) is 7.41. The molecule has 0 bridgehead atoms. The number of carbonyl (C=O) groups excluding carboxylic acids is 3. The molecule has 2 amide bonds. The fraction of sp³-hybridized carbons (Fsp3) is 0.800. The molecule has 1 saturated heterocycles. The average Bonchev–Trinajstić information content (AvgIpc) is 2.36. The number of nitrogens with zero attached hydrogens (tertiary/aromatic N) is 1. The quantitative estimate of drug-likeness (QED) is 0.749. The lowest BCUT2D eigenvalue weighted by Gasteiger charge is -2.42. The lowest BCUT2D eigenvalue weighted by atomic mass is 9.84. The molecule has 21 heavy (non-hydrogen) atoms. The third-order valence-corrected chi connectivity index (χ3v) is 3.47. The summed E-state index contributed by atoms with van der Waals surface area (Å²) in [7, 11) is 0. The minimum atomic E-state index is -1.24. The fourth-order valence-corrected chi connectivity index (χ4v) is 2.52. The van der Waals surface area contributed by atoms with Crippen molar-refractivity contribution in [1.82, 2.24) is 4.90 Å². The van der Waals surface area contributed by atoms with Gasteiger partial charge < -0.3 is 9.47 Å². The Balaban J connectivity index is 3.15. The van der Waals surface area contributed by atoms with Crippen molar-refractivity contribution in [1.29, 1.82) is 0 Å². The number of esters is 1. The summed E-state index contributed by atoms with van der Waals surface area (Å²) in [6.45, 7) is 8.83. The summed E-state index contributed by atoms with van der Waals surface area (Å²) in [6, 6.07) is 0. The second-order valence-corrected chi connectivity index (χ2v) is 6.17. The lowest BCUT2D eigenvalue weighted by molar-refractivity contribution is -0.167. The molecular weight excluding hydrogens is 274 g/mol. The van der Waals surface area contributed by atoms with E-state index in [9.17, 15) is 14.4 Å². The van der Waals surface area contributed by atoms with Crippen LogP contribution in [0.4, 0.5) is 4.79 Å². The minimum Gasteiger partial charge on any atom is -0.464 e. The first-order chi connectivity index (χ1) is 9.68. The Morgan fingerprint density at radius 2 is 1.90 bits per heavy atom. The number of ether oxygens (including phenoxy) is 2. The highest BCUT2D eigenvalue weighted by atomic mass is 16.6. The molecule has 0 aromatic heterocycles. The molecule has 1 aliphatic rings. The van der Waals surface area contributed by atoms with Crippen molar-refractivity contribution in [3.05, 3.63) is 0 Å². The molecule has 0 radical (unpaired) electrons. The minimum absolute atomic E-state index is 0.205. The van der Waals surface area contributed by atoms with Crippen molar-refractivity contribution in [2.75, 3.05) is 6.61 Å². The van der Waals surface area contributed by atoms with Gasteiger partial charge in [-0.15, -0.1) is 0 Å². The second-order valence-electron chi connectivity index (χ2n) is 6.17. The third kappa shape index (κ3) is 3.74. The standard InChI is InChI=1S/C15H25NO5/c1-6-15(12(18)20-7-2)10-8-9-11(17)16(15)13(19)21-14(3,4)5/h6-10H2,1-5H3/t15-/m1/s1. The van der Waals surface area contributed by atoms with Gasteiger partial charge in [0.2, 0.25) is 5.91 Å². The molecule has 1 aliphatic heterocycles. The van der Waals surface area contributed by atoms with Crippen LogP contribution in [0.5, 0.6) is 0 Å². The molecule has 0 saturated carbocycles. The molecule has 6 nitrogen and oxygen atoms in total. The summed E-state index contributed by atoms with van der Waals surface area (Å²) in [6.07, 6.45) is 0.747. The number of hydrogen-bond donors (Lipinski definition) is 0. The van der Waals surface area contributed by atoms with E-state index in [1.807, 2.05) is 0 Å². The van der Waals surface area contributed by atoms with Gasteiger partial charge in [-0.3, -0.25) is 4.79 Å². The van der Waals surface area contributed by atoms with Crippen LogP contribution < -0.4 is 0 Å². The van der Waals surface area contributed by atoms with Crippen LogP contribution in [0.2, 0.25) is 0 Å². The Hall–Kier alpha value is -1.59. The fourth-order valence-electron chi connectivity index (χ4n) is 2.52. The van der Waals surface area contributed by atoms with E-state index >= 15 is 0 Å². The van der Waals surface area contributed by atoms with Gasteiger partial charge in [-0.05, 0) is 47.0 Å². The molecule has 0 aromatic rings. The van der Waals surface area contributed by atoms with E-state index in [1.165, 1.54) is 0 Å². The van der Waals surface area contributed by atoms with Gasteiger partial charge in [-0.2, -0.15) is 0 Å². The summed E-state index contributed by atoms with van der Waals surface area (Å²) in [5.74, 6) is -0.920. The highest BCUT2D eigenvalue weighted by molar-refractivity contribution is 6.00. The number of imide groups is 1. The topological polar surface area (TPSA) is 72.9 Å². The van der Waals surface area contributed by atoms with Crippen molar-refractivity contribution < 1.29 is 23.9 Å². The molecule has 0 aromatic carbocycles. The Bertz CT molecular complexity index is 426. The zero-order valence-corrected chi connectivity index (χ0v) is 13.5. The molecule has 0 N–H and O–H groups in total. The predicted molar refractivity (Wildman–Crippen MR) is 76.6 cm³/mol. The zero-order chi connectivity index (χ0) is 16.3. The molecule has 1 atom stereocenters. The van der Waals surface area contributed by atoms with Crippen molar-refractivity contribution in [2.24, 2.45) is 0 Å². The largest absolute Gasteiger partial charge is 0.464 e. The van der Waals surface area contributed by atoms with E-state index in [-0.39, 0.29) is 18.9 Å². The van der Waals surface area contributed by atoms with Gasteiger partial charge in [0.1, 0.15) is 5.60 Å². The maximum absolute atomic E-state index is 12.4. The van der Waals surface area contributed by atoms with E-state index in [0.29, 0.717) is 19.3 Å². The van der Waals surface area contributed by atoms with E-state index in [0.717, 1.165) is 4.90 Å². The SMILES string of the molecule is CCOC(=O)[C@@]1(CC)CCCC(=O)N1C(=O)OC(C)(C)C. The van der Waals surface area contributed by atoms with Crippen LogP contribution in [0.15, 0.2) is 0 Å².